The minimum absolute atomic E-state index is 0.0579. The van der Waals surface area contributed by atoms with Gasteiger partial charge in [-0.15, -0.1) is 11.8 Å². The van der Waals surface area contributed by atoms with Crippen LogP contribution in [0, 0.1) is 0 Å². The number of fused-ring (bicyclic) bond motifs is 1. The number of benzene rings is 1. The summed E-state index contributed by atoms with van der Waals surface area (Å²) in [6.07, 6.45) is 2.39. The van der Waals surface area contributed by atoms with Crippen LogP contribution in [0.2, 0.25) is 5.02 Å². The van der Waals surface area contributed by atoms with Crippen LogP contribution in [0.3, 0.4) is 0 Å². The zero-order chi connectivity index (χ0) is 17.6. The molecule has 0 fully saturated rings. The van der Waals surface area contributed by atoms with E-state index in [0.717, 1.165) is 48.4 Å². The van der Waals surface area contributed by atoms with Gasteiger partial charge >= 0.3 is 0 Å². The third-order valence-electron chi connectivity index (χ3n) is 4.28. The van der Waals surface area contributed by atoms with Crippen LogP contribution in [-0.2, 0) is 17.8 Å². The average Bonchev–Trinajstić information content (AvgIpc) is 3.01. The molecule has 25 heavy (non-hydrogen) atoms. The van der Waals surface area contributed by atoms with Crippen molar-refractivity contribution in [3.05, 3.63) is 39.9 Å². The first-order valence-electron chi connectivity index (χ1n) is 8.64. The van der Waals surface area contributed by atoms with Crippen LogP contribution in [-0.4, -0.2) is 29.7 Å². The number of halogens is 1. The largest absolute Gasteiger partial charge is 0.330 e. The summed E-state index contributed by atoms with van der Waals surface area (Å²) in [4.78, 5) is 20.8. The van der Waals surface area contributed by atoms with Crippen molar-refractivity contribution in [3.63, 3.8) is 0 Å². The summed E-state index contributed by atoms with van der Waals surface area (Å²) >= 11 is 9.26. The van der Waals surface area contributed by atoms with E-state index in [-0.39, 0.29) is 5.91 Å². The molecule has 1 amide bonds. The summed E-state index contributed by atoms with van der Waals surface area (Å²) in [5, 5.41) is 4.48. The number of nitrogens with one attached hydrogen (secondary N) is 2. The van der Waals surface area contributed by atoms with Gasteiger partial charge in [0.2, 0.25) is 5.91 Å². The predicted octanol–water partition coefficient (Wildman–Crippen LogP) is 3.27. The van der Waals surface area contributed by atoms with Crippen molar-refractivity contribution in [2.75, 3.05) is 24.2 Å². The molecule has 1 aromatic carbocycles. The second-order valence-corrected chi connectivity index (χ2v) is 8.81. The Morgan fingerprint density at radius 2 is 2.20 bits per heavy atom. The Hall–Kier alpha value is -1.08. The number of thiazole rings is 1. The Morgan fingerprint density at radius 1 is 1.40 bits per heavy atom. The number of quaternary nitrogens is 1. The van der Waals surface area contributed by atoms with Crippen LogP contribution in [0.15, 0.2) is 29.2 Å². The van der Waals surface area contributed by atoms with Gasteiger partial charge in [0.15, 0.2) is 5.13 Å². The molecule has 1 aliphatic rings. The molecule has 1 aromatic heterocycles. The Bertz CT molecular complexity index is 718. The number of anilines is 1. The molecule has 0 bridgehead atoms. The Labute approximate surface area is 162 Å². The fourth-order valence-electron chi connectivity index (χ4n) is 2.82. The van der Waals surface area contributed by atoms with Gasteiger partial charge in [0.25, 0.3) is 0 Å². The molecule has 4 nitrogen and oxygen atoms in total. The fraction of sp³-hybridized carbons (Fsp3) is 0.444. The molecule has 7 heteroatoms. The van der Waals surface area contributed by atoms with Gasteiger partial charge in [-0.2, -0.15) is 0 Å². The third kappa shape index (κ3) is 5.45. The number of rotatable bonds is 7. The Balaban J connectivity index is 1.41. The molecular formula is C18H23ClN3OS2+. The number of hydrogen-bond acceptors (Lipinski definition) is 4. The van der Waals surface area contributed by atoms with E-state index in [1.807, 2.05) is 24.3 Å². The van der Waals surface area contributed by atoms with E-state index in [2.05, 4.69) is 17.2 Å². The van der Waals surface area contributed by atoms with Gasteiger partial charge < -0.3 is 10.2 Å². The van der Waals surface area contributed by atoms with Gasteiger partial charge in [0.05, 0.1) is 23.7 Å². The molecule has 0 saturated heterocycles. The molecule has 2 heterocycles. The van der Waals surface area contributed by atoms with E-state index in [0.29, 0.717) is 6.42 Å². The van der Waals surface area contributed by atoms with Crippen molar-refractivity contribution in [2.45, 2.75) is 37.6 Å². The normalized spacial score (nSPS) is 16.5. The number of likely N-dealkylation sites (N-methyl/N-ethyl adjacent to an activating group) is 1. The molecule has 2 N–H and O–H groups in total. The lowest BCUT2D eigenvalue weighted by molar-refractivity contribution is -0.913. The van der Waals surface area contributed by atoms with Crippen molar-refractivity contribution in [1.29, 1.82) is 0 Å². The van der Waals surface area contributed by atoms with Crippen molar-refractivity contribution < 1.29 is 9.69 Å². The molecule has 0 spiro atoms. The van der Waals surface area contributed by atoms with Crippen LogP contribution in [0.25, 0.3) is 0 Å². The highest BCUT2D eigenvalue weighted by molar-refractivity contribution is 7.99. The molecule has 1 unspecified atom stereocenters. The first kappa shape index (κ1) is 18.7. The second kappa shape index (κ2) is 9.03. The molecule has 1 aliphatic heterocycles. The molecule has 1 atom stereocenters. The molecule has 134 valence electrons. The lowest BCUT2D eigenvalue weighted by atomic mass is 10.2. The van der Waals surface area contributed by atoms with Gasteiger partial charge in [0, 0.05) is 22.8 Å². The van der Waals surface area contributed by atoms with E-state index in [4.69, 9.17) is 11.6 Å². The van der Waals surface area contributed by atoms with Crippen molar-refractivity contribution in [2.24, 2.45) is 0 Å². The lowest BCUT2D eigenvalue weighted by Crippen LogP contribution is -3.11. The Morgan fingerprint density at radius 3 is 2.96 bits per heavy atom. The second-order valence-electron chi connectivity index (χ2n) is 6.12. The molecule has 0 saturated carbocycles. The smallest absolute Gasteiger partial charge is 0.226 e. The molecule has 3 rings (SSSR count). The summed E-state index contributed by atoms with van der Waals surface area (Å²) in [5.74, 6) is 0.973. The van der Waals surface area contributed by atoms with Crippen LogP contribution < -0.4 is 10.2 Å². The summed E-state index contributed by atoms with van der Waals surface area (Å²) in [7, 11) is 0. The van der Waals surface area contributed by atoms with Crippen molar-refractivity contribution >= 4 is 45.7 Å². The molecular weight excluding hydrogens is 374 g/mol. The maximum absolute atomic E-state index is 12.1. The van der Waals surface area contributed by atoms with E-state index in [1.54, 1.807) is 28.0 Å². The first-order chi connectivity index (χ1) is 12.1. The topological polar surface area (TPSA) is 46.4 Å². The third-order valence-corrected chi connectivity index (χ3v) is 6.64. The maximum atomic E-state index is 12.1. The van der Waals surface area contributed by atoms with Gasteiger partial charge in [-0.1, -0.05) is 22.9 Å². The summed E-state index contributed by atoms with van der Waals surface area (Å²) in [5.41, 5.74) is 1.18. The van der Waals surface area contributed by atoms with Crippen LogP contribution in [0.1, 0.15) is 30.3 Å². The summed E-state index contributed by atoms with van der Waals surface area (Å²) in [6, 6.07) is 7.80. The van der Waals surface area contributed by atoms with E-state index < -0.39 is 0 Å². The first-order valence-corrected chi connectivity index (χ1v) is 10.8. The average molecular weight is 397 g/mol. The number of aromatic nitrogens is 1. The fourth-order valence-corrected chi connectivity index (χ4v) is 4.89. The Kier molecular flexibility index (Phi) is 6.76. The zero-order valence-corrected chi connectivity index (χ0v) is 16.7. The lowest BCUT2D eigenvalue weighted by Gasteiger charge is -2.20. The van der Waals surface area contributed by atoms with E-state index >= 15 is 0 Å². The summed E-state index contributed by atoms with van der Waals surface area (Å²) in [6.45, 7) is 5.54. The number of hydrogen-bond donors (Lipinski definition) is 2. The van der Waals surface area contributed by atoms with Gasteiger partial charge in [-0.3, -0.25) is 4.79 Å². The zero-order valence-electron chi connectivity index (χ0n) is 14.3. The molecule has 0 radical (unpaired) electrons. The molecule has 0 aliphatic carbocycles. The highest BCUT2D eigenvalue weighted by Gasteiger charge is 2.22. The van der Waals surface area contributed by atoms with E-state index in [1.165, 1.54) is 15.5 Å². The van der Waals surface area contributed by atoms with Gasteiger partial charge in [-0.25, -0.2) is 4.98 Å². The number of carbonyl (C=O) groups is 1. The standard InChI is InChI=1S/C18H22ClN3OS2/c1-2-22-10-9-15-16(12-22)25-18(20-15)21-17(23)4-3-11-24-14-7-5-13(19)6-8-14/h5-8H,2-4,9-12H2,1H3,(H,20,21,23)/p+1. The van der Waals surface area contributed by atoms with E-state index in [9.17, 15) is 4.79 Å². The van der Waals surface area contributed by atoms with Gasteiger partial charge in [0.1, 0.15) is 6.54 Å². The number of amides is 1. The maximum Gasteiger partial charge on any atom is 0.226 e. The molecule has 2 aromatic rings. The van der Waals surface area contributed by atoms with Crippen molar-refractivity contribution in [3.8, 4) is 0 Å². The highest BCUT2D eigenvalue weighted by Crippen LogP contribution is 2.25. The SMILES string of the molecule is CC[NH+]1CCc2nc(NC(=O)CCCSc3ccc(Cl)cc3)sc2C1. The van der Waals surface area contributed by atoms with Crippen LogP contribution in [0.5, 0.6) is 0 Å². The predicted molar refractivity (Wildman–Crippen MR) is 106 cm³/mol. The van der Waals surface area contributed by atoms with Crippen molar-refractivity contribution in [1.82, 2.24) is 4.98 Å². The van der Waals surface area contributed by atoms with Crippen LogP contribution >= 0.6 is 34.7 Å². The number of carbonyl (C=O) groups excluding carboxylic acids is 1. The van der Waals surface area contributed by atoms with Gasteiger partial charge in [-0.05, 0) is 43.4 Å². The monoisotopic (exact) mass is 396 g/mol. The number of thioether (sulfide) groups is 1. The summed E-state index contributed by atoms with van der Waals surface area (Å²) < 4.78 is 0. The number of nitrogens with zero attached hydrogens (tertiary/aromatic N) is 1. The highest BCUT2D eigenvalue weighted by atomic mass is 35.5. The minimum Gasteiger partial charge on any atom is -0.330 e. The quantitative estimate of drug-likeness (QED) is 0.557. The van der Waals surface area contributed by atoms with Crippen LogP contribution in [0.4, 0.5) is 5.13 Å². The minimum atomic E-state index is 0.0579.